The van der Waals surface area contributed by atoms with Gasteiger partial charge in [-0.15, -0.1) is 0 Å². The molecule has 0 saturated carbocycles. The molecule has 0 amide bonds. The number of nitrogens with one attached hydrogen (secondary N) is 1. The van der Waals surface area contributed by atoms with Crippen molar-refractivity contribution >= 4 is 11.6 Å². The second-order valence-electron chi connectivity index (χ2n) is 4.79. The minimum Gasteiger partial charge on any atom is -0.487 e. The van der Waals surface area contributed by atoms with Gasteiger partial charge in [0.05, 0.1) is 17.4 Å². The van der Waals surface area contributed by atoms with Crippen LogP contribution in [0.4, 0.5) is 0 Å². The summed E-state index contributed by atoms with van der Waals surface area (Å²) in [5.74, 6) is 1.33. The Morgan fingerprint density at radius 1 is 1.10 bits per heavy atom. The van der Waals surface area contributed by atoms with E-state index in [2.05, 4.69) is 15.3 Å². The van der Waals surface area contributed by atoms with E-state index in [9.17, 15) is 0 Å². The lowest BCUT2D eigenvalue weighted by molar-refractivity contribution is 0.161. The van der Waals surface area contributed by atoms with Crippen molar-refractivity contribution in [2.75, 3.05) is 13.1 Å². The van der Waals surface area contributed by atoms with E-state index in [0.717, 1.165) is 31.5 Å². The molecule has 0 bridgehead atoms. The Morgan fingerprint density at radius 3 is 2.50 bits per heavy atom. The first-order valence-electron chi connectivity index (χ1n) is 6.77. The third-order valence-corrected chi connectivity index (χ3v) is 3.66. The Bertz CT molecular complexity index is 568. The molecular formula is C15H16ClN3O. The predicted molar refractivity (Wildman–Crippen MR) is 79.0 cm³/mol. The number of benzene rings is 1. The quantitative estimate of drug-likeness (QED) is 0.944. The van der Waals surface area contributed by atoms with Crippen molar-refractivity contribution in [2.24, 2.45) is 0 Å². The lowest BCUT2D eigenvalue weighted by Crippen LogP contribution is -2.34. The van der Waals surface area contributed by atoms with Gasteiger partial charge in [0.25, 0.3) is 0 Å². The molecule has 1 aromatic carbocycles. The zero-order valence-electron chi connectivity index (χ0n) is 11.1. The van der Waals surface area contributed by atoms with Gasteiger partial charge in [0.15, 0.2) is 11.6 Å². The van der Waals surface area contributed by atoms with Gasteiger partial charge in [-0.05, 0) is 38.1 Å². The standard InChI is InChI=1S/C15H16ClN3O/c16-14-4-2-1-3-13(14)15-18-9-12(10-19-15)20-11-5-7-17-8-6-11/h1-4,9-11,17H,5-8H2. The summed E-state index contributed by atoms with van der Waals surface area (Å²) in [6.45, 7) is 2.01. The Labute approximate surface area is 123 Å². The minimum atomic E-state index is 0.256. The lowest BCUT2D eigenvalue weighted by Gasteiger charge is -2.23. The molecule has 2 aromatic rings. The number of hydrogen-bond donors (Lipinski definition) is 1. The summed E-state index contributed by atoms with van der Waals surface area (Å²) >= 11 is 6.14. The summed E-state index contributed by atoms with van der Waals surface area (Å²) < 4.78 is 5.88. The summed E-state index contributed by atoms with van der Waals surface area (Å²) in [6.07, 6.45) is 5.73. The summed E-state index contributed by atoms with van der Waals surface area (Å²) in [4.78, 5) is 8.68. The number of hydrogen-bond acceptors (Lipinski definition) is 4. The molecule has 0 atom stereocenters. The Kier molecular flexibility index (Phi) is 4.14. The average Bonchev–Trinajstić information content (AvgIpc) is 2.50. The number of ether oxygens (including phenoxy) is 1. The highest BCUT2D eigenvalue weighted by molar-refractivity contribution is 6.33. The molecule has 1 aromatic heterocycles. The molecule has 0 aliphatic carbocycles. The summed E-state index contributed by atoms with van der Waals surface area (Å²) in [5.41, 5.74) is 0.836. The third-order valence-electron chi connectivity index (χ3n) is 3.33. The smallest absolute Gasteiger partial charge is 0.160 e. The molecule has 104 valence electrons. The second-order valence-corrected chi connectivity index (χ2v) is 5.20. The molecule has 4 nitrogen and oxygen atoms in total. The Morgan fingerprint density at radius 2 is 1.80 bits per heavy atom. The molecule has 1 N–H and O–H groups in total. The van der Waals surface area contributed by atoms with Gasteiger partial charge in [0.1, 0.15) is 6.10 Å². The van der Waals surface area contributed by atoms with Crippen LogP contribution in [0.3, 0.4) is 0 Å². The first-order chi connectivity index (χ1) is 9.83. The van der Waals surface area contributed by atoms with E-state index in [1.54, 1.807) is 12.4 Å². The molecular weight excluding hydrogens is 274 g/mol. The zero-order valence-corrected chi connectivity index (χ0v) is 11.8. The van der Waals surface area contributed by atoms with Crippen LogP contribution in [0.5, 0.6) is 5.75 Å². The van der Waals surface area contributed by atoms with Gasteiger partial charge in [-0.1, -0.05) is 23.7 Å². The number of halogens is 1. The molecule has 5 heteroatoms. The van der Waals surface area contributed by atoms with Crippen LogP contribution in [0.1, 0.15) is 12.8 Å². The number of aromatic nitrogens is 2. The van der Waals surface area contributed by atoms with E-state index in [0.29, 0.717) is 16.6 Å². The second kappa shape index (κ2) is 6.20. The first kappa shape index (κ1) is 13.3. The molecule has 2 heterocycles. The molecule has 1 fully saturated rings. The van der Waals surface area contributed by atoms with Crippen LogP contribution in [-0.2, 0) is 0 Å². The van der Waals surface area contributed by atoms with Gasteiger partial charge in [-0.2, -0.15) is 0 Å². The number of rotatable bonds is 3. The van der Waals surface area contributed by atoms with Crippen LogP contribution >= 0.6 is 11.6 Å². The normalized spacial score (nSPS) is 16.1. The van der Waals surface area contributed by atoms with Crippen molar-refractivity contribution < 1.29 is 4.74 Å². The maximum absolute atomic E-state index is 6.14. The van der Waals surface area contributed by atoms with E-state index >= 15 is 0 Å². The van der Waals surface area contributed by atoms with E-state index < -0.39 is 0 Å². The van der Waals surface area contributed by atoms with Gasteiger partial charge >= 0.3 is 0 Å². The summed E-state index contributed by atoms with van der Waals surface area (Å²) in [6, 6.07) is 7.55. The van der Waals surface area contributed by atoms with Crippen molar-refractivity contribution in [1.29, 1.82) is 0 Å². The predicted octanol–water partition coefficient (Wildman–Crippen LogP) is 2.93. The highest BCUT2D eigenvalue weighted by Crippen LogP contribution is 2.25. The lowest BCUT2D eigenvalue weighted by atomic mass is 10.1. The van der Waals surface area contributed by atoms with E-state index in [1.165, 1.54) is 0 Å². The Hall–Kier alpha value is -1.65. The molecule has 1 aliphatic heterocycles. The SMILES string of the molecule is Clc1ccccc1-c1ncc(OC2CCNCC2)cn1. The van der Waals surface area contributed by atoms with E-state index in [4.69, 9.17) is 16.3 Å². The van der Waals surface area contributed by atoms with Crippen LogP contribution in [0.2, 0.25) is 5.02 Å². The van der Waals surface area contributed by atoms with Crippen LogP contribution in [0.25, 0.3) is 11.4 Å². The monoisotopic (exact) mass is 289 g/mol. The fourth-order valence-electron chi connectivity index (χ4n) is 2.26. The molecule has 0 radical (unpaired) electrons. The Balaban J connectivity index is 1.73. The van der Waals surface area contributed by atoms with Crippen molar-refractivity contribution in [2.45, 2.75) is 18.9 Å². The highest BCUT2D eigenvalue weighted by atomic mass is 35.5. The molecule has 0 unspecified atom stereocenters. The average molecular weight is 290 g/mol. The van der Waals surface area contributed by atoms with Crippen LogP contribution < -0.4 is 10.1 Å². The zero-order chi connectivity index (χ0) is 13.8. The largest absolute Gasteiger partial charge is 0.487 e. The molecule has 1 aliphatic rings. The fourth-order valence-corrected chi connectivity index (χ4v) is 2.48. The topological polar surface area (TPSA) is 47.0 Å². The van der Waals surface area contributed by atoms with Gasteiger partial charge in [0, 0.05) is 5.56 Å². The maximum Gasteiger partial charge on any atom is 0.160 e. The van der Waals surface area contributed by atoms with Crippen LogP contribution in [0, 0.1) is 0 Å². The van der Waals surface area contributed by atoms with E-state index in [-0.39, 0.29) is 6.10 Å². The fraction of sp³-hybridized carbons (Fsp3) is 0.333. The third kappa shape index (κ3) is 3.08. The summed E-state index contributed by atoms with van der Waals surface area (Å²) in [7, 11) is 0. The van der Waals surface area contributed by atoms with Crippen LogP contribution in [-0.4, -0.2) is 29.2 Å². The molecule has 20 heavy (non-hydrogen) atoms. The molecule has 0 spiro atoms. The molecule has 3 rings (SSSR count). The summed E-state index contributed by atoms with van der Waals surface area (Å²) in [5, 5.41) is 3.96. The van der Waals surface area contributed by atoms with Crippen molar-refractivity contribution in [3.05, 3.63) is 41.7 Å². The highest BCUT2D eigenvalue weighted by Gasteiger charge is 2.15. The van der Waals surface area contributed by atoms with Crippen molar-refractivity contribution in [1.82, 2.24) is 15.3 Å². The minimum absolute atomic E-state index is 0.256. The number of nitrogens with zero attached hydrogens (tertiary/aromatic N) is 2. The van der Waals surface area contributed by atoms with Gasteiger partial charge in [-0.25, -0.2) is 9.97 Å². The molecule has 1 saturated heterocycles. The maximum atomic E-state index is 6.14. The number of piperidine rings is 1. The van der Waals surface area contributed by atoms with Crippen molar-refractivity contribution in [3.63, 3.8) is 0 Å². The van der Waals surface area contributed by atoms with Crippen molar-refractivity contribution in [3.8, 4) is 17.1 Å². The van der Waals surface area contributed by atoms with E-state index in [1.807, 2.05) is 24.3 Å². The van der Waals surface area contributed by atoms with Gasteiger partial charge in [0.2, 0.25) is 0 Å². The first-order valence-corrected chi connectivity index (χ1v) is 7.15. The van der Waals surface area contributed by atoms with Gasteiger partial charge in [-0.3, -0.25) is 0 Å². The van der Waals surface area contributed by atoms with Gasteiger partial charge < -0.3 is 10.1 Å². The van der Waals surface area contributed by atoms with Crippen LogP contribution in [0.15, 0.2) is 36.7 Å².